The maximum absolute atomic E-state index is 12.9. The van der Waals surface area contributed by atoms with E-state index in [0.29, 0.717) is 18.8 Å². The highest BCUT2D eigenvalue weighted by atomic mass is 16.5. The van der Waals surface area contributed by atoms with E-state index in [9.17, 15) is 9.59 Å². The van der Waals surface area contributed by atoms with Crippen LogP contribution in [0.3, 0.4) is 0 Å². The first kappa shape index (κ1) is 20.9. The van der Waals surface area contributed by atoms with Gasteiger partial charge in [0.05, 0.1) is 19.1 Å². The molecule has 7 heteroatoms. The van der Waals surface area contributed by atoms with Crippen molar-refractivity contribution in [1.82, 2.24) is 20.1 Å². The van der Waals surface area contributed by atoms with Crippen molar-refractivity contribution in [3.63, 3.8) is 0 Å². The summed E-state index contributed by atoms with van der Waals surface area (Å²) in [6, 6.07) is 0. The SMILES string of the molecule is Cc1[nH]c(C(=O)N2CCCC(C(=O)NCCCN3CCOCC3)C2)c(C)c1C. The maximum atomic E-state index is 12.9. The molecule has 2 aliphatic heterocycles. The number of piperidine rings is 1. The van der Waals surface area contributed by atoms with Gasteiger partial charge in [-0.2, -0.15) is 0 Å². The first-order chi connectivity index (χ1) is 13.5. The Bertz CT molecular complexity index is 694. The minimum absolute atomic E-state index is 0.0125. The molecule has 2 aliphatic rings. The number of carbonyl (C=O) groups excluding carboxylic acids is 2. The number of H-pyrrole nitrogens is 1. The van der Waals surface area contributed by atoms with Gasteiger partial charge in [-0.05, 0) is 57.7 Å². The zero-order valence-corrected chi connectivity index (χ0v) is 17.5. The van der Waals surface area contributed by atoms with Gasteiger partial charge < -0.3 is 19.9 Å². The third kappa shape index (κ3) is 4.94. The number of aromatic nitrogens is 1. The summed E-state index contributed by atoms with van der Waals surface area (Å²) in [5.41, 5.74) is 3.85. The summed E-state index contributed by atoms with van der Waals surface area (Å²) >= 11 is 0. The quantitative estimate of drug-likeness (QED) is 0.724. The van der Waals surface area contributed by atoms with Crippen molar-refractivity contribution in [1.29, 1.82) is 0 Å². The van der Waals surface area contributed by atoms with Gasteiger partial charge in [0, 0.05) is 38.4 Å². The van der Waals surface area contributed by atoms with E-state index in [4.69, 9.17) is 4.74 Å². The van der Waals surface area contributed by atoms with E-state index in [2.05, 4.69) is 15.2 Å². The molecule has 3 rings (SSSR count). The molecule has 3 heterocycles. The van der Waals surface area contributed by atoms with Crippen molar-refractivity contribution in [2.24, 2.45) is 5.92 Å². The molecule has 2 fully saturated rings. The number of nitrogens with one attached hydrogen (secondary N) is 2. The second-order valence-corrected chi connectivity index (χ2v) is 8.06. The number of nitrogens with zero attached hydrogens (tertiary/aromatic N) is 2. The van der Waals surface area contributed by atoms with Crippen LogP contribution in [-0.2, 0) is 9.53 Å². The fourth-order valence-electron chi connectivity index (χ4n) is 4.07. The highest BCUT2D eigenvalue weighted by molar-refractivity contribution is 5.95. The molecule has 7 nitrogen and oxygen atoms in total. The van der Waals surface area contributed by atoms with Crippen molar-refractivity contribution in [3.8, 4) is 0 Å². The third-order valence-corrected chi connectivity index (χ3v) is 6.16. The first-order valence-electron chi connectivity index (χ1n) is 10.5. The van der Waals surface area contributed by atoms with Gasteiger partial charge in [0.1, 0.15) is 5.69 Å². The molecule has 1 atom stereocenters. The van der Waals surface area contributed by atoms with E-state index in [0.717, 1.165) is 75.5 Å². The number of aromatic amines is 1. The molecule has 0 aliphatic carbocycles. The Balaban J connectivity index is 1.46. The lowest BCUT2D eigenvalue weighted by Crippen LogP contribution is -2.46. The molecule has 2 N–H and O–H groups in total. The lowest BCUT2D eigenvalue weighted by atomic mass is 9.96. The highest BCUT2D eigenvalue weighted by Crippen LogP contribution is 2.22. The molecule has 0 aromatic carbocycles. The van der Waals surface area contributed by atoms with Crippen LogP contribution in [0, 0.1) is 26.7 Å². The van der Waals surface area contributed by atoms with Crippen LogP contribution in [0.4, 0.5) is 0 Å². The summed E-state index contributed by atoms with van der Waals surface area (Å²) in [7, 11) is 0. The topological polar surface area (TPSA) is 77.7 Å². The summed E-state index contributed by atoms with van der Waals surface area (Å²) in [6.45, 7) is 12.5. The molecule has 2 saturated heterocycles. The average molecular weight is 391 g/mol. The standard InChI is InChI=1S/C21H34N4O3/c1-15-16(2)19(23-17(15)3)21(27)25-9-4-6-18(14-25)20(26)22-7-5-8-24-10-12-28-13-11-24/h18,23H,4-14H2,1-3H3,(H,22,26). The molecule has 0 bridgehead atoms. The van der Waals surface area contributed by atoms with Gasteiger partial charge in [0.25, 0.3) is 5.91 Å². The zero-order valence-electron chi connectivity index (χ0n) is 17.5. The summed E-state index contributed by atoms with van der Waals surface area (Å²) < 4.78 is 5.35. The van der Waals surface area contributed by atoms with E-state index in [1.165, 1.54) is 0 Å². The predicted octanol–water partition coefficient (Wildman–Crippen LogP) is 1.63. The fourth-order valence-corrected chi connectivity index (χ4v) is 4.07. The summed E-state index contributed by atoms with van der Waals surface area (Å²) in [6.07, 6.45) is 2.66. The Morgan fingerprint density at radius 1 is 1.14 bits per heavy atom. The highest BCUT2D eigenvalue weighted by Gasteiger charge is 2.30. The number of ether oxygens (including phenoxy) is 1. The number of hydrogen-bond acceptors (Lipinski definition) is 4. The van der Waals surface area contributed by atoms with Gasteiger partial charge in [-0.3, -0.25) is 14.5 Å². The molecule has 1 unspecified atom stereocenters. The second kappa shape index (κ2) is 9.56. The monoisotopic (exact) mass is 390 g/mol. The van der Waals surface area contributed by atoms with E-state index in [1.807, 2.05) is 25.7 Å². The van der Waals surface area contributed by atoms with Crippen molar-refractivity contribution in [2.75, 3.05) is 52.5 Å². The number of carbonyl (C=O) groups is 2. The van der Waals surface area contributed by atoms with Crippen LogP contribution in [0.5, 0.6) is 0 Å². The molecule has 156 valence electrons. The Hall–Kier alpha value is -1.86. The minimum atomic E-state index is -0.112. The van der Waals surface area contributed by atoms with E-state index >= 15 is 0 Å². The van der Waals surface area contributed by atoms with Gasteiger partial charge in [0.2, 0.25) is 5.91 Å². The predicted molar refractivity (Wildman–Crippen MR) is 109 cm³/mol. The Kier molecular flexibility index (Phi) is 7.13. The molecule has 0 saturated carbocycles. The van der Waals surface area contributed by atoms with Crippen LogP contribution in [0.25, 0.3) is 0 Å². The summed E-state index contributed by atoms with van der Waals surface area (Å²) in [5, 5.41) is 3.07. The Morgan fingerprint density at radius 2 is 1.89 bits per heavy atom. The molecule has 1 aromatic heterocycles. The van der Waals surface area contributed by atoms with Crippen LogP contribution in [0.2, 0.25) is 0 Å². The lowest BCUT2D eigenvalue weighted by molar-refractivity contribution is -0.126. The number of aryl methyl sites for hydroxylation is 1. The van der Waals surface area contributed by atoms with E-state index in [-0.39, 0.29) is 17.7 Å². The summed E-state index contributed by atoms with van der Waals surface area (Å²) in [5.74, 6) is -0.0212. The fraction of sp³-hybridized carbons (Fsp3) is 0.714. The molecule has 0 radical (unpaired) electrons. The molecule has 28 heavy (non-hydrogen) atoms. The van der Waals surface area contributed by atoms with Gasteiger partial charge in [-0.25, -0.2) is 0 Å². The molecular weight excluding hydrogens is 356 g/mol. The van der Waals surface area contributed by atoms with Gasteiger partial charge >= 0.3 is 0 Å². The van der Waals surface area contributed by atoms with Crippen molar-refractivity contribution < 1.29 is 14.3 Å². The van der Waals surface area contributed by atoms with Crippen LogP contribution >= 0.6 is 0 Å². The second-order valence-electron chi connectivity index (χ2n) is 8.06. The van der Waals surface area contributed by atoms with Gasteiger partial charge in [-0.1, -0.05) is 0 Å². The van der Waals surface area contributed by atoms with Crippen LogP contribution < -0.4 is 5.32 Å². The van der Waals surface area contributed by atoms with E-state index in [1.54, 1.807) is 0 Å². The van der Waals surface area contributed by atoms with Crippen LogP contribution in [-0.4, -0.2) is 79.1 Å². The normalized spacial score (nSPS) is 21.0. The number of amides is 2. The molecular formula is C21H34N4O3. The number of morpholine rings is 1. The van der Waals surface area contributed by atoms with Gasteiger partial charge in [-0.15, -0.1) is 0 Å². The van der Waals surface area contributed by atoms with Crippen LogP contribution in [0.15, 0.2) is 0 Å². The van der Waals surface area contributed by atoms with Gasteiger partial charge in [0.15, 0.2) is 0 Å². The van der Waals surface area contributed by atoms with Crippen molar-refractivity contribution >= 4 is 11.8 Å². The number of likely N-dealkylation sites (tertiary alicyclic amines) is 1. The average Bonchev–Trinajstić information content (AvgIpc) is 2.98. The number of hydrogen-bond donors (Lipinski definition) is 2. The minimum Gasteiger partial charge on any atom is -0.379 e. The lowest BCUT2D eigenvalue weighted by Gasteiger charge is -2.32. The first-order valence-corrected chi connectivity index (χ1v) is 10.5. The third-order valence-electron chi connectivity index (χ3n) is 6.16. The molecule has 1 aromatic rings. The molecule has 2 amide bonds. The van der Waals surface area contributed by atoms with Crippen LogP contribution in [0.1, 0.15) is 46.6 Å². The maximum Gasteiger partial charge on any atom is 0.270 e. The largest absolute Gasteiger partial charge is 0.379 e. The van der Waals surface area contributed by atoms with E-state index < -0.39 is 0 Å². The number of rotatable bonds is 6. The van der Waals surface area contributed by atoms with Crippen molar-refractivity contribution in [2.45, 2.75) is 40.0 Å². The zero-order chi connectivity index (χ0) is 20.1. The Morgan fingerprint density at radius 3 is 2.57 bits per heavy atom. The summed E-state index contributed by atoms with van der Waals surface area (Å²) in [4.78, 5) is 33.0. The smallest absolute Gasteiger partial charge is 0.270 e. The Labute approximate surface area is 167 Å². The van der Waals surface area contributed by atoms with Crippen molar-refractivity contribution in [3.05, 3.63) is 22.5 Å². The molecule has 0 spiro atoms.